The van der Waals surface area contributed by atoms with E-state index >= 15 is 0 Å². The third-order valence-corrected chi connectivity index (χ3v) is 2.87. The van der Waals surface area contributed by atoms with Crippen molar-refractivity contribution in [3.05, 3.63) is 34.9 Å². The first-order chi connectivity index (χ1) is 9.04. The Morgan fingerprint density at radius 2 is 2.11 bits per heavy atom. The lowest BCUT2D eigenvalue weighted by molar-refractivity contribution is -0.130. The van der Waals surface area contributed by atoms with Gasteiger partial charge < -0.3 is 15.8 Å². The van der Waals surface area contributed by atoms with Gasteiger partial charge in [0, 0.05) is 18.1 Å². The molecule has 0 radical (unpaired) electrons. The van der Waals surface area contributed by atoms with Crippen LogP contribution in [0.4, 0.5) is 0 Å². The van der Waals surface area contributed by atoms with Crippen molar-refractivity contribution in [3.8, 4) is 0 Å². The van der Waals surface area contributed by atoms with Crippen LogP contribution in [0.15, 0.2) is 24.3 Å². The Kier molecular flexibility index (Phi) is 6.32. The van der Waals surface area contributed by atoms with Gasteiger partial charge in [-0.2, -0.15) is 0 Å². The quantitative estimate of drug-likeness (QED) is 0.780. The van der Waals surface area contributed by atoms with Crippen molar-refractivity contribution in [1.82, 2.24) is 5.32 Å². The van der Waals surface area contributed by atoms with E-state index in [1.807, 2.05) is 0 Å². The van der Waals surface area contributed by atoms with Crippen LogP contribution in [0.3, 0.4) is 0 Å². The van der Waals surface area contributed by atoms with Crippen LogP contribution in [-0.4, -0.2) is 31.1 Å². The van der Waals surface area contributed by atoms with Gasteiger partial charge in [-0.05, 0) is 18.6 Å². The van der Waals surface area contributed by atoms with Crippen LogP contribution in [-0.2, 0) is 20.7 Å². The summed E-state index contributed by atoms with van der Waals surface area (Å²) >= 11 is 6.00. The maximum atomic E-state index is 11.5. The number of carbonyl (C=O) groups is 2. The van der Waals surface area contributed by atoms with E-state index in [-0.39, 0.29) is 18.9 Å². The highest BCUT2D eigenvalue weighted by Crippen LogP contribution is 2.16. The number of nitrogens with two attached hydrogens (primary N) is 1. The van der Waals surface area contributed by atoms with E-state index in [0.29, 0.717) is 11.6 Å². The molecule has 0 unspecified atom stereocenters. The van der Waals surface area contributed by atoms with Gasteiger partial charge in [-0.15, -0.1) is 0 Å². The van der Waals surface area contributed by atoms with Crippen LogP contribution in [0.25, 0.3) is 0 Å². The Morgan fingerprint density at radius 3 is 2.68 bits per heavy atom. The third kappa shape index (κ3) is 5.28. The van der Waals surface area contributed by atoms with Crippen LogP contribution in [0, 0.1) is 0 Å². The zero-order valence-electron chi connectivity index (χ0n) is 10.7. The first-order valence-corrected chi connectivity index (χ1v) is 6.32. The van der Waals surface area contributed by atoms with Crippen molar-refractivity contribution < 1.29 is 14.3 Å². The lowest BCUT2D eigenvalue weighted by Gasteiger charge is -2.16. The Hall–Kier alpha value is -1.59. The molecule has 0 heterocycles. The van der Waals surface area contributed by atoms with E-state index in [4.69, 9.17) is 22.1 Å². The fourth-order valence-electron chi connectivity index (χ4n) is 1.54. The van der Waals surface area contributed by atoms with Gasteiger partial charge in [0.15, 0.2) is 0 Å². The van der Waals surface area contributed by atoms with Crippen molar-refractivity contribution in [1.29, 1.82) is 0 Å². The monoisotopic (exact) mass is 284 g/mol. The molecule has 104 valence electrons. The molecule has 0 spiro atoms. The van der Waals surface area contributed by atoms with Gasteiger partial charge in [0.05, 0.1) is 0 Å². The summed E-state index contributed by atoms with van der Waals surface area (Å²) in [7, 11) is 0. The lowest BCUT2D eigenvalue weighted by Crippen LogP contribution is -2.47. The van der Waals surface area contributed by atoms with E-state index in [9.17, 15) is 9.59 Å². The van der Waals surface area contributed by atoms with Crippen molar-refractivity contribution in [2.24, 2.45) is 5.73 Å². The molecule has 19 heavy (non-hydrogen) atoms. The third-order valence-electron chi connectivity index (χ3n) is 2.50. The highest BCUT2D eigenvalue weighted by molar-refractivity contribution is 6.31. The topological polar surface area (TPSA) is 81.4 Å². The number of hydrogen-bond acceptors (Lipinski definition) is 3. The molecule has 1 rings (SSSR count). The molecule has 0 aliphatic rings. The number of rotatable bonds is 7. The first kappa shape index (κ1) is 15.5. The minimum Gasteiger partial charge on any atom is -0.372 e. The fourth-order valence-corrected chi connectivity index (χ4v) is 1.75. The van der Waals surface area contributed by atoms with Crippen LogP contribution < -0.4 is 11.1 Å². The normalized spacial score (nSPS) is 11.9. The predicted octanol–water partition coefficient (Wildman–Crippen LogP) is 0.889. The molecule has 1 aromatic rings. The van der Waals surface area contributed by atoms with Gasteiger partial charge in [0.1, 0.15) is 12.6 Å². The second-order valence-electron chi connectivity index (χ2n) is 3.96. The molecule has 0 aliphatic heterocycles. The smallest absolute Gasteiger partial charge is 0.246 e. The fraction of sp³-hybridized carbons (Fsp3) is 0.385. The van der Waals surface area contributed by atoms with Crippen LogP contribution in [0.5, 0.6) is 0 Å². The van der Waals surface area contributed by atoms with Gasteiger partial charge in [-0.3, -0.25) is 9.59 Å². The van der Waals surface area contributed by atoms with Gasteiger partial charge in [0.25, 0.3) is 0 Å². The number of ether oxygens (including phenoxy) is 1. The van der Waals surface area contributed by atoms with Gasteiger partial charge in [-0.25, -0.2) is 0 Å². The molecule has 0 saturated heterocycles. The average Bonchev–Trinajstić information content (AvgIpc) is 2.38. The number of nitrogens with one attached hydrogen (secondary N) is 1. The van der Waals surface area contributed by atoms with Gasteiger partial charge in [-0.1, -0.05) is 29.8 Å². The first-order valence-electron chi connectivity index (χ1n) is 5.94. The summed E-state index contributed by atoms with van der Waals surface area (Å²) in [6.07, 6.45) is 0.257. The molecule has 1 aromatic carbocycles. The molecule has 0 bridgehead atoms. The summed E-state index contributed by atoms with van der Waals surface area (Å²) in [6.45, 7) is 2.12. The number of carbonyl (C=O) groups excluding carboxylic acids is 2. The highest BCUT2D eigenvalue weighted by Gasteiger charge is 2.19. The number of halogens is 1. The lowest BCUT2D eigenvalue weighted by atomic mass is 10.1. The van der Waals surface area contributed by atoms with Crippen LogP contribution in [0.2, 0.25) is 5.02 Å². The average molecular weight is 285 g/mol. The SMILES string of the molecule is CCOCC(=O)N[C@H](Cc1ccccc1Cl)C(N)=O. The Bertz CT molecular complexity index is 451. The molecular formula is C13H17ClN2O3. The van der Waals surface area contributed by atoms with Crippen molar-refractivity contribution in [2.75, 3.05) is 13.2 Å². The van der Waals surface area contributed by atoms with Gasteiger partial charge in [0.2, 0.25) is 11.8 Å². The maximum absolute atomic E-state index is 11.5. The molecule has 1 atom stereocenters. The van der Waals surface area contributed by atoms with E-state index in [2.05, 4.69) is 5.32 Å². The van der Waals surface area contributed by atoms with E-state index in [1.54, 1.807) is 31.2 Å². The standard InChI is InChI=1S/C13H17ClN2O3/c1-2-19-8-12(17)16-11(13(15)18)7-9-5-3-4-6-10(9)14/h3-6,11H,2,7-8H2,1H3,(H2,15,18)(H,16,17)/t11-/m1/s1. The van der Waals surface area contributed by atoms with E-state index < -0.39 is 11.9 Å². The number of hydrogen-bond donors (Lipinski definition) is 2. The van der Waals surface area contributed by atoms with Crippen molar-refractivity contribution in [3.63, 3.8) is 0 Å². The minimum absolute atomic E-state index is 0.0944. The molecule has 0 saturated carbocycles. The number of primary amides is 1. The molecule has 6 heteroatoms. The maximum Gasteiger partial charge on any atom is 0.246 e. The molecule has 3 N–H and O–H groups in total. The summed E-state index contributed by atoms with van der Waals surface area (Å²) in [5.74, 6) is -0.984. The predicted molar refractivity (Wildman–Crippen MR) is 72.8 cm³/mol. The number of benzene rings is 1. The zero-order valence-corrected chi connectivity index (χ0v) is 11.4. The molecule has 0 aromatic heterocycles. The van der Waals surface area contributed by atoms with Crippen molar-refractivity contribution >= 4 is 23.4 Å². The second kappa shape index (κ2) is 7.76. The summed E-state index contributed by atoms with van der Waals surface area (Å²) in [5, 5.41) is 3.06. The summed E-state index contributed by atoms with van der Waals surface area (Å²) < 4.78 is 4.96. The molecule has 5 nitrogen and oxygen atoms in total. The van der Waals surface area contributed by atoms with E-state index in [0.717, 1.165) is 5.56 Å². The molecule has 2 amide bonds. The van der Waals surface area contributed by atoms with E-state index in [1.165, 1.54) is 0 Å². The summed E-state index contributed by atoms with van der Waals surface area (Å²) in [6, 6.07) is 6.30. The van der Waals surface area contributed by atoms with Crippen molar-refractivity contribution in [2.45, 2.75) is 19.4 Å². The van der Waals surface area contributed by atoms with Gasteiger partial charge >= 0.3 is 0 Å². The Morgan fingerprint density at radius 1 is 1.42 bits per heavy atom. The summed E-state index contributed by atoms with van der Waals surface area (Å²) in [4.78, 5) is 22.9. The molecular weight excluding hydrogens is 268 g/mol. The molecule has 0 aliphatic carbocycles. The zero-order chi connectivity index (χ0) is 14.3. The Balaban J connectivity index is 2.66. The number of amides is 2. The van der Waals surface area contributed by atoms with Crippen LogP contribution in [0.1, 0.15) is 12.5 Å². The highest BCUT2D eigenvalue weighted by atomic mass is 35.5. The van der Waals surface area contributed by atoms with Crippen LogP contribution >= 0.6 is 11.6 Å². The largest absolute Gasteiger partial charge is 0.372 e. The summed E-state index contributed by atoms with van der Waals surface area (Å²) in [5.41, 5.74) is 6.03. The second-order valence-corrected chi connectivity index (χ2v) is 4.36. The molecule has 0 fully saturated rings. The minimum atomic E-state index is -0.798. The Labute approximate surface area is 117 Å².